The van der Waals surface area contributed by atoms with Gasteiger partial charge in [-0.1, -0.05) is 25.1 Å². The van der Waals surface area contributed by atoms with Crippen molar-refractivity contribution in [1.82, 2.24) is 5.32 Å². The van der Waals surface area contributed by atoms with E-state index in [1.807, 2.05) is 13.0 Å². The van der Waals surface area contributed by atoms with Crippen molar-refractivity contribution in [2.24, 2.45) is 0 Å². The fraction of sp³-hybridized carbons (Fsp3) is 0.381. The summed E-state index contributed by atoms with van der Waals surface area (Å²) in [6.45, 7) is 2.30. The van der Waals surface area contributed by atoms with Crippen molar-refractivity contribution in [2.75, 3.05) is 0 Å². The van der Waals surface area contributed by atoms with Gasteiger partial charge in [-0.05, 0) is 73.1 Å². The third-order valence-corrected chi connectivity index (χ3v) is 4.64. The van der Waals surface area contributed by atoms with Gasteiger partial charge in [-0.2, -0.15) is 0 Å². The second-order valence-electron chi connectivity index (χ2n) is 6.50. The molecule has 4 heteroatoms. The van der Waals surface area contributed by atoms with Gasteiger partial charge in [0.15, 0.2) is 6.10 Å². The number of hydrogen-bond acceptors (Lipinski definition) is 2. The summed E-state index contributed by atoms with van der Waals surface area (Å²) in [7, 11) is 0. The van der Waals surface area contributed by atoms with Crippen LogP contribution in [0.1, 0.15) is 42.9 Å². The molecule has 1 aliphatic carbocycles. The lowest BCUT2D eigenvalue weighted by molar-refractivity contribution is -0.128. The van der Waals surface area contributed by atoms with Gasteiger partial charge >= 0.3 is 0 Å². The van der Waals surface area contributed by atoms with Gasteiger partial charge in [0, 0.05) is 6.54 Å². The number of aryl methyl sites for hydroxylation is 2. The van der Waals surface area contributed by atoms with Crippen LogP contribution < -0.4 is 10.1 Å². The first kappa shape index (κ1) is 17.5. The molecular formula is C21H24FNO2. The van der Waals surface area contributed by atoms with Crippen LogP contribution in [-0.4, -0.2) is 12.0 Å². The number of carbonyl (C=O) groups excluding carboxylic acids is 1. The van der Waals surface area contributed by atoms with Gasteiger partial charge in [0.25, 0.3) is 5.91 Å². The molecule has 3 rings (SSSR count). The molecule has 0 radical (unpaired) electrons. The van der Waals surface area contributed by atoms with E-state index in [-0.39, 0.29) is 11.7 Å². The van der Waals surface area contributed by atoms with E-state index in [1.165, 1.54) is 36.1 Å². The maximum absolute atomic E-state index is 12.9. The summed E-state index contributed by atoms with van der Waals surface area (Å²) in [6.07, 6.45) is 4.74. The molecule has 2 aromatic carbocycles. The molecule has 0 unspecified atom stereocenters. The van der Waals surface area contributed by atoms with Crippen molar-refractivity contribution in [3.05, 3.63) is 65.0 Å². The molecule has 0 saturated carbocycles. The third kappa shape index (κ3) is 4.59. The van der Waals surface area contributed by atoms with Crippen molar-refractivity contribution in [1.29, 1.82) is 0 Å². The zero-order valence-corrected chi connectivity index (χ0v) is 14.6. The Morgan fingerprint density at radius 1 is 1.12 bits per heavy atom. The Labute approximate surface area is 148 Å². The molecular weight excluding hydrogens is 317 g/mol. The number of rotatable bonds is 6. The van der Waals surface area contributed by atoms with Crippen LogP contribution in [0.3, 0.4) is 0 Å². The molecule has 0 aromatic heterocycles. The molecule has 132 valence electrons. The van der Waals surface area contributed by atoms with E-state index in [9.17, 15) is 9.18 Å². The van der Waals surface area contributed by atoms with Gasteiger partial charge in [-0.25, -0.2) is 4.39 Å². The minimum atomic E-state index is -0.526. The van der Waals surface area contributed by atoms with Crippen molar-refractivity contribution in [3.63, 3.8) is 0 Å². The Morgan fingerprint density at radius 3 is 2.56 bits per heavy atom. The molecule has 0 heterocycles. The van der Waals surface area contributed by atoms with Gasteiger partial charge in [-0.3, -0.25) is 4.79 Å². The number of ether oxygens (including phenoxy) is 1. The standard InChI is InChI=1S/C21H24FNO2/c1-2-20(21(24)23-14-15-7-10-18(22)11-8-15)25-19-12-9-16-5-3-4-6-17(16)13-19/h7-13,20H,2-6,14H2,1H3,(H,23,24)/t20-/m1/s1. The van der Waals surface area contributed by atoms with Crippen LogP contribution in [0.2, 0.25) is 0 Å². The number of nitrogens with one attached hydrogen (secondary N) is 1. The topological polar surface area (TPSA) is 38.3 Å². The second-order valence-corrected chi connectivity index (χ2v) is 6.50. The fourth-order valence-electron chi connectivity index (χ4n) is 3.17. The average Bonchev–Trinajstić information content (AvgIpc) is 2.65. The zero-order valence-electron chi connectivity index (χ0n) is 14.6. The maximum Gasteiger partial charge on any atom is 0.261 e. The lowest BCUT2D eigenvalue weighted by Crippen LogP contribution is -2.37. The molecule has 0 fully saturated rings. The van der Waals surface area contributed by atoms with Crippen LogP contribution in [-0.2, 0) is 24.2 Å². The van der Waals surface area contributed by atoms with Crippen LogP contribution in [0.15, 0.2) is 42.5 Å². The van der Waals surface area contributed by atoms with Crippen molar-refractivity contribution >= 4 is 5.91 Å². The average molecular weight is 341 g/mol. The quantitative estimate of drug-likeness (QED) is 0.856. The largest absolute Gasteiger partial charge is 0.481 e. The minimum Gasteiger partial charge on any atom is -0.481 e. The first-order valence-corrected chi connectivity index (χ1v) is 8.96. The fourth-order valence-corrected chi connectivity index (χ4v) is 3.17. The normalized spacial score (nSPS) is 14.5. The van der Waals surface area contributed by atoms with Crippen LogP contribution in [0, 0.1) is 5.82 Å². The Hall–Kier alpha value is -2.36. The maximum atomic E-state index is 12.9. The highest BCUT2D eigenvalue weighted by Gasteiger charge is 2.19. The number of amides is 1. The van der Waals surface area contributed by atoms with Crippen LogP contribution >= 0.6 is 0 Å². The summed E-state index contributed by atoms with van der Waals surface area (Å²) in [5.74, 6) is 0.325. The minimum absolute atomic E-state index is 0.149. The van der Waals surface area contributed by atoms with Gasteiger partial charge in [0.05, 0.1) is 0 Å². The summed E-state index contributed by atoms with van der Waals surface area (Å²) >= 11 is 0. The number of fused-ring (bicyclic) bond motifs is 1. The van der Waals surface area contributed by atoms with Gasteiger partial charge < -0.3 is 10.1 Å². The molecule has 0 spiro atoms. The molecule has 1 aliphatic rings. The van der Waals surface area contributed by atoms with Gasteiger partial charge in [0.2, 0.25) is 0 Å². The molecule has 1 N–H and O–H groups in total. The van der Waals surface area contributed by atoms with E-state index in [1.54, 1.807) is 12.1 Å². The summed E-state index contributed by atoms with van der Waals surface area (Å²) < 4.78 is 18.9. The van der Waals surface area contributed by atoms with Crippen LogP contribution in [0.4, 0.5) is 4.39 Å². The lowest BCUT2D eigenvalue weighted by atomic mass is 9.92. The van der Waals surface area contributed by atoms with E-state index >= 15 is 0 Å². The Balaban J connectivity index is 1.59. The monoisotopic (exact) mass is 341 g/mol. The highest BCUT2D eigenvalue weighted by Crippen LogP contribution is 2.26. The summed E-state index contributed by atoms with van der Waals surface area (Å²) in [5.41, 5.74) is 3.59. The first-order chi connectivity index (χ1) is 12.2. The highest BCUT2D eigenvalue weighted by molar-refractivity contribution is 5.81. The van der Waals surface area contributed by atoms with E-state index in [4.69, 9.17) is 4.74 Å². The molecule has 2 aromatic rings. The molecule has 1 atom stereocenters. The number of hydrogen-bond donors (Lipinski definition) is 1. The summed E-state index contributed by atoms with van der Waals surface area (Å²) in [4.78, 5) is 12.4. The van der Waals surface area contributed by atoms with Crippen molar-refractivity contribution in [3.8, 4) is 5.75 Å². The molecule has 0 saturated heterocycles. The van der Waals surface area contributed by atoms with E-state index in [2.05, 4.69) is 17.4 Å². The van der Waals surface area contributed by atoms with Gasteiger partial charge in [0.1, 0.15) is 11.6 Å². The molecule has 25 heavy (non-hydrogen) atoms. The smallest absolute Gasteiger partial charge is 0.261 e. The number of halogens is 1. The number of carbonyl (C=O) groups is 1. The molecule has 1 amide bonds. The van der Waals surface area contributed by atoms with Crippen molar-refractivity contribution in [2.45, 2.75) is 51.7 Å². The molecule has 0 bridgehead atoms. The number of benzene rings is 2. The first-order valence-electron chi connectivity index (χ1n) is 8.96. The Kier molecular flexibility index (Phi) is 5.69. The van der Waals surface area contributed by atoms with E-state index < -0.39 is 6.10 Å². The van der Waals surface area contributed by atoms with E-state index in [0.29, 0.717) is 13.0 Å². The Bertz CT molecular complexity index is 727. The summed E-state index contributed by atoms with van der Waals surface area (Å²) in [5, 5.41) is 2.87. The molecule has 3 nitrogen and oxygen atoms in total. The molecule has 0 aliphatic heterocycles. The Morgan fingerprint density at radius 2 is 1.84 bits per heavy atom. The second kappa shape index (κ2) is 8.15. The van der Waals surface area contributed by atoms with Crippen LogP contribution in [0.5, 0.6) is 5.75 Å². The predicted molar refractivity (Wildman–Crippen MR) is 96.0 cm³/mol. The lowest BCUT2D eigenvalue weighted by Gasteiger charge is -2.20. The zero-order chi connectivity index (χ0) is 17.6. The van der Waals surface area contributed by atoms with Crippen LogP contribution in [0.25, 0.3) is 0 Å². The predicted octanol–water partition coefficient (Wildman–Crippen LogP) is 4.18. The summed E-state index contributed by atoms with van der Waals surface area (Å²) in [6, 6.07) is 12.3. The van der Waals surface area contributed by atoms with Gasteiger partial charge in [-0.15, -0.1) is 0 Å². The van der Waals surface area contributed by atoms with E-state index in [0.717, 1.165) is 24.2 Å². The SMILES string of the molecule is CC[C@@H](Oc1ccc2c(c1)CCCC2)C(=O)NCc1ccc(F)cc1. The highest BCUT2D eigenvalue weighted by atomic mass is 19.1. The third-order valence-electron chi connectivity index (χ3n) is 4.64. The van der Waals surface area contributed by atoms with Crippen molar-refractivity contribution < 1.29 is 13.9 Å².